The van der Waals surface area contributed by atoms with Gasteiger partial charge in [0.15, 0.2) is 5.90 Å². The van der Waals surface area contributed by atoms with Crippen molar-refractivity contribution in [1.82, 2.24) is 0 Å². The second-order valence-electron chi connectivity index (χ2n) is 12.3. The molecule has 0 N–H and O–H groups in total. The van der Waals surface area contributed by atoms with Gasteiger partial charge in [-0.3, -0.25) is 13.6 Å². The van der Waals surface area contributed by atoms with Gasteiger partial charge in [-0.2, -0.15) is 0 Å². The molecule has 1 aliphatic heterocycles. The van der Waals surface area contributed by atoms with Crippen LogP contribution in [0.3, 0.4) is 0 Å². The minimum Gasteiger partial charge on any atom is -0.493 e. The summed E-state index contributed by atoms with van der Waals surface area (Å²) in [5, 5.41) is 0. The Morgan fingerprint density at radius 3 is 2.20 bits per heavy atom. The topological polar surface area (TPSA) is 75.6 Å². The first-order chi connectivity index (χ1) is 18.6. The number of unbranched alkanes of at least 4 members (excludes halogenated alkanes) is 1. The molecule has 0 radical (unpaired) electrons. The third-order valence-corrected chi connectivity index (χ3v) is 8.05. The van der Waals surface area contributed by atoms with Crippen LogP contribution in [-0.4, -0.2) is 42.5 Å². The van der Waals surface area contributed by atoms with Crippen LogP contribution in [0.25, 0.3) is 11.1 Å². The summed E-state index contributed by atoms with van der Waals surface area (Å²) < 4.78 is 57.2. The maximum atomic E-state index is 14.8. The SMILES string of the molecule is CCCCOc1ccc(-c2ccc(CCC3(COP(=O)(OC(C)(C)C)OC(C)(C)C)COC(C)=N3)cc2)c(F)c1. The van der Waals surface area contributed by atoms with E-state index < -0.39 is 24.6 Å². The Balaban J connectivity index is 1.69. The molecule has 0 bridgehead atoms. The zero-order valence-corrected chi connectivity index (χ0v) is 26.1. The second-order valence-corrected chi connectivity index (χ2v) is 13.8. The summed E-state index contributed by atoms with van der Waals surface area (Å²) in [6.07, 6.45) is 3.22. The number of aryl methyl sites for hydroxylation is 1. The normalized spacial score (nSPS) is 18.0. The third kappa shape index (κ3) is 9.99. The predicted octanol–water partition coefficient (Wildman–Crippen LogP) is 8.55. The van der Waals surface area contributed by atoms with Gasteiger partial charge in [0.05, 0.1) is 24.4 Å². The summed E-state index contributed by atoms with van der Waals surface area (Å²) >= 11 is 0. The van der Waals surface area contributed by atoms with Gasteiger partial charge < -0.3 is 9.47 Å². The van der Waals surface area contributed by atoms with Crippen molar-refractivity contribution in [3.8, 4) is 16.9 Å². The number of nitrogens with zero attached hydrogens (tertiary/aromatic N) is 1. The number of phosphoric acid groups is 1. The summed E-state index contributed by atoms with van der Waals surface area (Å²) in [5.41, 5.74) is 0.170. The third-order valence-electron chi connectivity index (χ3n) is 6.06. The molecule has 1 atom stereocenters. The smallest absolute Gasteiger partial charge is 0.475 e. The van der Waals surface area contributed by atoms with Crippen LogP contribution in [0.5, 0.6) is 5.75 Å². The summed E-state index contributed by atoms with van der Waals surface area (Å²) in [4.78, 5) is 4.72. The molecule has 1 unspecified atom stereocenters. The maximum absolute atomic E-state index is 14.8. The number of ether oxygens (including phenoxy) is 2. The summed E-state index contributed by atoms with van der Waals surface area (Å²) in [5.74, 6) is 0.781. The van der Waals surface area contributed by atoms with Crippen LogP contribution in [-0.2, 0) is 29.3 Å². The molecule has 7 nitrogen and oxygen atoms in total. The maximum Gasteiger partial charge on any atom is 0.475 e. The van der Waals surface area contributed by atoms with E-state index in [1.165, 1.54) is 6.07 Å². The molecule has 0 saturated carbocycles. The molecule has 0 aliphatic carbocycles. The standard InChI is InChI=1S/C31H45FNO6P/c1-9-10-19-35-26-15-16-27(28(32)20-26)25-13-11-24(12-14-25)17-18-31(21-36-23(2)33-31)22-37-40(34,38-29(3,4)5)39-30(6,7)8/h11-16,20H,9-10,17-19,21-22H2,1-8H3. The van der Waals surface area contributed by atoms with Crippen molar-refractivity contribution in [2.24, 2.45) is 4.99 Å². The lowest BCUT2D eigenvalue weighted by molar-refractivity contribution is -0.00465. The molecule has 1 heterocycles. The zero-order valence-electron chi connectivity index (χ0n) is 25.2. The number of hydrogen-bond acceptors (Lipinski definition) is 7. The Kier molecular flexibility index (Phi) is 10.6. The predicted molar refractivity (Wildman–Crippen MR) is 158 cm³/mol. The highest BCUT2D eigenvalue weighted by Crippen LogP contribution is 2.56. The van der Waals surface area contributed by atoms with E-state index in [0.717, 1.165) is 24.0 Å². The molecular weight excluding hydrogens is 532 g/mol. The van der Waals surface area contributed by atoms with Crippen molar-refractivity contribution >= 4 is 13.7 Å². The molecule has 0 saturated heterocycles. The number of rotatable bonds is 13. The van der Waals surface area contributed by atoms with Gasteiger partial charge in [-0.25, -0.2) is 13.9 Å². The van der Waals surface area contributed by atoms with Crippen LogP contribution in [0.1, 0.15) is 80.2 Å². The molecule has 0 aromatic heterocycles. The Morgan fingerprint density at radius 2 is 1.68 bits per heavy atom. The highest BCUT2D eigenvalue weighted by atomic mass is 31.2. The molecule has 0 amide bonds. The van der Waals surface area contributed by atoms with Crippen molar-refractivity contribution < 1.29 is 32.0 Å². The van der Waals surface area contributed by atoms with E-state index in [1.54, 1.807) is 60.6 Å². The molecule has 0 spiro atoms. The highest BCUT2D eigenvalue weighted by Gasteiger charge is 2.43. The van der Waals surface area contributed by atoms with E-state index >= 15 is 0 Å². The van der Waals surface area contributed by atoms with Crippen molar-refractivity contribution in [3.63, 3.8) is 0 Å². The van der Waals surface area contributed by atoms with Gasteiger partial charge in [0.1, 0.15) is 23.7 Å². The summed E-state index contributed by atoms with van der Waals surface area (Å²) in [7, 11) is -3.90. The lowest BCUT2D eigenvalue weighted by Crippen LogP contribution is -2.36. The van der Waals surface area contributed by atoms with E-state index in [1.807, 2.05) is 24.3 Å². The van der Waals surface area contributed by atoms with E-state index in [-0.39, 0.29) is 12.4 Å². The van der Waals surface area contributed by atoms with Gasteiger partial charge in [-0.1, -0.05) is 37.6 Å². The molecule has 40 heavy (non-hydrogen) atoms. The summed E-state index contributed by atoms with van der Waals surface area (Å²) in [6.45, 7) is 15.6. The Morgan fingerprint density at radius 1 is 1.02 bits per heavy atom. The number of hydrogen-bond donors (Lipinski definition) is 0. The Bertz CT molecular complexity index is 1180. The first-order valence-corrected chi connectivity index (χ1v) is 15.4. The molecule has 222 valence electrons. The monoisotopic (exact) mass is 577 g/mol. The number of benzene rings is 2. The van der Waals surface area contributed by atoms with Gasteiger partial charge in [0, 0.05) is 18.6 Å². The molecule has 2 aromatic carbocycles. The average molecular weight is 578 g/mol. The fourth-order valence-corrected chi connectivity index (χ4v) is 6.12. The van der Waals surface area contributed by atoms with E-state index in [4.69, 9.17) is 28.0 Å². The van der Waals surface area contributed by atoms with Crippen molar-refractivity contribution in [2.75, 3.05) is 19.8 Å². The van der Waals surface area contributed by atoms with Crippen molar-refractivity contribution in [1.29, 1.82) is 0 Å². The minimum atomic E-state index is -3.90. The number of halogens is 1. The largest absolute Gasteiger partial charge is 0.493 e. The van der Waals surface area contributed by atoms with Crippen LogP contribution >= 0.6 is 7.82 Å². The van der Waals surface area contributed by atoms with Crippen molar-refractivity contribution in [2.45, 2.75) is 97.8 Å². The Labute approximate surface area is 239 Å². The minimum absolute atomic E-state index is 0.0176. The van der Waals surface area contributed by atoms with E-state index in [0.29, 0.717) is 43.3 Å². The molecular formula is C31H45FNO6P. The van der Waals surface area contributed by atoms with Gasteiger partial charge >= 0.3 is 7.82 Å². The molecule has 1 aliphatic rings. The quantitative estimate of drug-likeness (QED) is 0.175. The van der Waals surface area contributed by atoms with Gasteiger partial charge in [0.25, 0.3) is 0 Å². The number of aliphatic imine (C=N–C) groups is 1. The van der Waals surface area contributed by atoms with Crippen LogP contribution in [0.4, 0.5) is 4.39 Å². The van der Waals surface area contributed by atoms with Gasteiger partial charge in [-0.15, -0.1) is 0 Å². The first kappa shape index (κ1) is 32.3. The second kappa shape index (κ2) is 13.2. The molecule has 2 aromatic rings. The lowest BCUT2D eigenvalue weighted by Gasteiger charge is -2.33. The van der Waals surface area contributed by atoms with Crippen LogP contribution < -0.4 is 4.74 Å². The van der Waals surface area contributed by atoms with E-state index in [2.05, 4.69) is 6.92 Å². The van der Waals surface area contributed by atoms with Crippen LogP contribution in [0.2, 0.25) is 0 Å². The molecule has 9 heteroatoms. The Hall–Kier alpha value is -2.25. The lowest BCUT2D eigenvalue weighted by atomic mass is 9.93. The molecule has 3 rings (SSSR count). The van der Waals surface area contributed by atoms with E-state index in [9.17, 15) is 8.96 Å². The van der Waals surface area contributed by atoms with Gasteiger partial charge in [-0.05, 0) is 84.1 Å². The van der Waals surface area contributed by atoms with Crippen LogP contribution in [0, 0.1) is 5.82 Å². The highest BCUT2D eigenvalue weighted by molar-refractivity contribution is 7.48. The molecule has 0 fully saturated rings. The zero-order chi connectivity index (χ0) is 29.6. The van der Waals surface area contributed by atoms with Gasteiger partial charge in [0.2, 0.25) is 0 Å². The first-order valence-electron chi connectivity index (χ1n) is 14.0. The fraction of sp³-hybridized carbons (Fsp3) is 0.581. The number of phosphoric ester groups is 1. The summed E-state index contributed by atoms with van der Waals surface area (Å²) in [6, 6.07) is 12.8. The van der Waals surface area contributed by atoms with Crippen molar-refractivity contribution in [3.05, 3.63) is 53.8 Å². The average Bonchev–Trinajstić information content (AvgIpc) is 3.21. The fourth-order valence-electron chi connectivity index (χ4n) is 4.23. The van der Waals surface area contributed by atoms with Crippen LogP contribution in [0.15, 0.2) is 47.5 Å².